The molecule has 17 nitrogen and oxygen atoms in total. The minimum Gasteiger partial charge on any atom is -0.462 e. The second-order valence-corrected chi connectivity index (χ2v) is 31.0. The van der Waals surface area contributed by atoms with Crippen LogP contribution in [0.2, 0.25) is 0 Å². The van der Waals surface area contributed by atoms with Gasteiger partial charge in [-0.25, -0.2) is 9.13 Å². The number of ether oxygens (including phenoxy) is 4. The summed E-state index contributed by atoms with van der Waals surface area (Å²) >= 11 is 0. The van der Waals surface area contributed by atoms with E-state index in [-0.39, 0.29) is 25.7 Å². The molecule has 2 unspecified atom stereocenters. The molecule has 0 bridgehead atoms. The first kappa shape index (κ1) is 91.1. The largest absolute Gasteiger partial charge is 0.472 e. The number of aliphatic hydroxyl groups is 1. The maximum absolute atomic E-state index is 13.1. The summed E-state index contributed by atoms with van der Waals surface area (Å²) in [5.74, 6) is 0.0751. The Balaban J connectivity index is 5.24. The van der Waals surface area contributed by atoms with Crippen molar-refractivity contribution < 1.29 is 80.2 Å². The molecule has 0 radical (unpaired) electrons. The summed E-state index contributed by atoms with van der Waals surface area (Å²) in [7, 11) is -9.91. The van der Waals surface area contributed by atoms with Crippen LogP contribution >= 0.6 is 15.6 Å². The van der Waals surface area contributed by atoms with Gasteiger partial charge in [0.1, 0.15) is 19.3 Å². The summed E-state index contributed by atoms with van der Waals surface area (Å²) < 4.78 is 68.4. The fourth-order valence-electron chi connectivity index (χ4n) is 11.2. The maximum Gasteiger partial charge on any atom is 0.472 e. The molecule has 0 aliphatic heterocycles. The van der Waals surface area contributed by atoms with E-state index in [1.807, 2.05) is 0 Å². The topological polar surface area (TPSA) is 237 Å². The molecule has 0 saturated heterocycles. The van der Waals surface area contributed by atoms with Gasteiger partial charge in [0.05, 0.1) is 26.4 Å². The van der Waals surface area contributed by atoms with Crippen LogP contribution in [0, 0.1) is 17.8 Å². The van der Waals surface area contributed by atoms with Gasteiger partial charge in [-0.15, -0.1) is 0 Å². The van der Waals surface area contributed by atoms with E-state index in [4.69, 9.17) is 37.0 Å². The molecule has 0 aromatic heterocycles. The summed E-state index contributed by atoms with van der Waals surface area (Å²) in [6.45, 7) is 11.8. The first-order chi connectivity index (χ1) is 44.7. The number of carbonyl (C=O) groups excluding carboxylic acids is 4. The van der Waals surface area contributed by atoms with Gasteiger partial charge in [0.15, 0.2) is 12.2 Å². The van der Waals surface area contributed by atoms with Gasteiger partial charge in [-0.2, -0.15) is 0 Å². The molecule has 552 valence electrons. The Morgan fingerprint density at radius 2 is 0.495 bits per heavy atom. The Morgan fingerprint density at radius 1 is 0.290 bits per heavy atom. The van der Waals surface area contributed by atoms with Gasteiger partial charge in [0, 0.05) is 25.7 Å². The lowest BCUT2D eigenvalue weighted by Gasteiger charge is -2.21. The van der Waals surface area contributed by atoms with Crippen LogP contribution < -0.4 is 0 Å². The first-order valence-corrected chi connectivity index (χ1v) is 41.3. The molecule has 93 heavy (non-hydrogen) atoms. The second-order valence-electron chi connectivity index (χ2n) is 28.1. The Bertz CT molecular complexity index is 1820. The van der Waals surface area contributed by atoms with Crippen LogP contribution in [-0.4, -0.2) is 96.7 Å². The number of unbranched alkanes of at least 4 members (excludes halogenated alkanes) is 40. The van der Waals surface area contributed by atoms with Gasteiger partial charge in [0.25, 0.3) is 0 Å². The molecule has 0 aromatic rings. The second kappa shape index (κ2) is 64.7. The van der Waals surface area contributed by atoms with E-state index >= 15 is 0 Å². The van der Waals surface area contributed by atoms with Gasteiger partial charge >= 0.3 is 39.5 Å². The normalized spacial score (nSPS) is 14.1. The van der Waals surface area contributed by atoms with Gasteiger partial charge in [0.2, 0.25) is 0 Å². The molecule has 0 rings (SSSR count). The van der Waals surface area contributed by atoms with E-state index in [1.165, 1.54) is 180 Å². The van der Waals surface area contributed by atoms with E-state index in [9.17, 15) is 43.2 Å². The van der Waals surface area contributed by atoms with Crippen LogP contribution in [0.15, 0.2) is 0 Å². The van der Waals surface area contributed by atoms with Crippen molar-refractivity contribution in [2.24, 2.45) is 17.8 Å². The average molecular weight is 1370 g/mol. The third kappa shape index (κ3) is 68.4. The molecule has 0 aliphatic rings. The number of phosphoric acid groups is 2. The molecule has 0 heterocycles. The van der Waals surface area contributed by atoms with Crippen LogP contribution in [0.3, 0.4) is 0 Å². The van der Waals surface area contributed by atoms with E-state index in [2.05, 4.69) is 48.5 Å². The Labute approximate surface area is 568 Å². The third-order valence-electron chi connectivity index (χ3n) is 17.1. The monoisotopic (exact) mass is 1370 g/mol. The number of esters is 4. The van der Waals surface area contributed by atoms with Crippen molar-refractivity contribution in [3.8, 4) is 0 Å². The quantitative estimate of drug-likeness (QED) is 0.0222. The Morgan fingerprint density at radius 3 is 0.731 bits per heavy atom. The third-order valence-corrected chi connectivity index (χ3v) is 19.0. The number of aliphatic hydroxyl groups excluding tert-OH is 1. The summed E-state index contributed by atoms with van der Waals surface area (Å²) in [5.41, 5.74) is 0. The lowest BCUT2D eigenvalue weighted by atomic mass is 10.0. The average Bonchev–Trinajstić information content (AvgIpc) is 2.30. The van der Waals surface area contributed by atoms with E-state index in [1.54, 1.807) is 0 Å². The molecule has 5 atom stereocenters. The number of rotatable bonds is 72. The van der Waals surface area contributed by atoms with Gasteiger partial charge in [-0.05, 0) is 43.4 Å². The van der Waals surface area contributed by atoms with Crippen molar-refractivity contribution in [1.29, 1.82) is 0 Å². The van der Waals surface area contributed by atoms with E-state index in [0.29, 0.717) is 31.6 Å². The van der Waals surface area contributed by atoms with Crippen molar-refractivity contribution in [2.45, 2.75) is 394 Å². The molecular weight excluding hydrogens is 1220 g/mol. The lowest BCUT2D eigenvalue weighted by molar-refractivity contribution is -0.161. The number of phosphoric ester groups is 2. The minimum absolute atomic E-state index is 0.104. The summed E-state index contributed by atoms with van der Waals surface area (Å²) in [6.07, 6.45) is 50.1. The highest BCUT2D eigenvalue weighted by molar-refractivity contribution is 7.47. The van der Waals surface area contributed by atoms with Crippen LogP contribution in [0.4, 0.5) is 0 Å². The molecule has 0 aliphatic carbocycles. The standard InChI is InChI=1S/C74H144O17P2/c1-8-9-10-11-12-13-14-15-16-17-18-19-24-29-34-43-50-57-73(78)90-69(61-84-71(76)55-48-41-33-28-23-21-20-22-26-31-38-45-52-65(2)3)63-88-92(80,81)86-59-68(75)60-87-93(82,83)89-64-70(62-85-72(77)56-49-42-37-36-40-47-54-67(6)7)91-74(79)58-51-44-35-30-25-27-32-39-46-53-66(4)5/h65-70,75H,8-64H2,1-7H3,(H,80,81)(H,82,83)/t68-,69-,70-/m1/s1. The fourth-order valence-corrected chi connectivity index (χ4v) is 12.8. The SMILES string of the molecule is CCCCCCCCCCCCCCCCCCCC(=O)O[C@H](COC(=O)CCCCCCCCCCCCCCC(C)C)COP(=O)(O)OC[C@@H](O)COP(=O)(O)OC[C@@H](COC(=O)CCCCCCCCC(C)C)OC(=O)CCCCCCCCCCCC(C)C. The highest BCUT2D eigenvalue weighted by Crippen LogP contribution is 2.45. The molecule has 0 saturated carbocycles. The number of carbonyl (C=O) groups is 4. The summed E-state index contributed by atoms with van der Waals surface area (Å²) in [4.78, 5) is 72.7. The van der Waals surface area contributed by atoms with E-state index in [0.717, 1.165) is 108 Å². The fraction of sp³-hybridized carbons (Fsp3) is 0.946. The zero-order chi connectivity index (χ0) is 68.7. The smallest absolute Gasteiger partial charge is 0.462 e. The van der Waals surface area contributed by atoms with Crippen LogP contribution in [0.5, 0.6) is 0 Å². The first-order valence-electron chi connectivity index (χ1n) is 38.3. The number of hydrogen-bond donors (Lipinski definition) is 3. The molecule has 3 N–H and O–H groups in total. The van der Waals surface area contributed by atoms with Crippen molar-refractivity contribution >= 4 is 39.5 Å². The van der Waals surface area contributed by atoms with Crippen LogP contribution in [-0.2, 0) is 65.4 Å². The van der Waals surface area contributed by atoms with Gasteiger partial charge < -0.3 is 33.8 Å². The zero-order valence-corrected chi connectivity index (χ0v) is 62.5. The molecule has 0 spiro atoms. The molecule has 0 aromatic carbocycles. The molecule has 0 fully saturated rings. The van der Waals surface area contributed by atoms with E-state index < -0.39 is 97.5 Å². The highest BCUT2D eigenvalue weighted by atomic mass is 31.2. The molecule has 0 amide bonds. The summed E-state index contributed by atoms with van der Waals surface area (Å²) in [6, 6.07) is 0. The highest BCUT2D eigenvalue weighted by Gasteiger charge is 2.30. The van der Waals surface area contributed by atoms with Crippen molar-refractivity contribution in [2.75, 3.05) is 39.6 Å². The molecule has 19 heteroatoms. The predicted octanol–water partition coefficient (Wildman–Crippen LogP) is 21.4. The van der Waals surface area contributed by atoms with Crippen molar-refractivity contribution in [3.05, 3.63) is 0 Å². The number of hydrogen-bond acceptors (Lipinski definition) is 15. The summed E-state index contributed by atoms with van der Waals surface area (Å²) in [5, 5.41) is 10.6. The van der Waals surface area contributed by atoms with Crippen molar-refractivity contribution in [1.82, 2.24) is 0 Å². The van der Waals surface area contributed by atoms with Gasteiger partial charge in [-0.1, -0.05) is 325 Å². The predicted molar refractivity (Wildman–Crippen MR) is 377 cm³/mol. The van der Waals surface area contributed by atoms with Crippen LogP contribution in [0.1, 0.15) is 376 Å². The minimum atomic E-state index is -4.96. The Hall–Kier alpha value is -1.94. The Kier molecular flexibility index (Phi) is 63.4. The maximum atomic E-state index is 13.1. The molecular formula is C74H144O17P2. The lowest BCUT2D eigenvalue weighted by Crippen LogP contribution is -2.30. The van der Waals surface area contributed by atoms with Crippen molar-refractivity contribution in [3.63, 3.8) is 0 Å². The zero-order valence-electron chi connectivity index (χ0n) is 60.7. The van der Waals surface area contributed by atoms with Gasteiger partial charge in [-0.3, -0.25) is 37.3 Å². The van der Waals surface area contributed by atoms with Crippen LogP contribution in [0.25, 0.3) is 0 Å².